The Morgan fingerprint density at radius 3 is 2.77 bits per heavy atom. The summed E-state index contributed by atoms with van der Waals surface area (Å²) in [5.41, 5.74) is 7.48. The molecular weight excluding hydrogens is 400 g/mol. The van der Waals surface area contributed by atoms with Crippen molar-refractivity contribution >= 4 is 29.0 Å². The van der Waals surface area contributed by atoms with Crippen LogP contribution in [0.1, 0.15) is 41.7 Å². The number of rotatable bonds is 10. The van der Waals surface area contributed by atoms with Crippen molar-refractivity contribution in [2.75, 3.05) is 0 Å². The van der Waals surface area contributed by atoms with E-state index in [1.54, 1.807) is 41.8 Å². The van der Waals surface area contributed by atoms with Crippen molar-refractivity contribution in [1.29, 1.82) is 0 Å². The Kier molecular flexibility index (Phi) is 7.13. The fraction of sp³-hybridized carbons (Fsp3) is 0.273. The van der Waals surface area contributed by atoms with Gasteiger partial charge in [0.25, 0.3) is 5.69 Å². The summed E-state index contributed by atoms with van der Waals surface area (Å²) in [6.45, 7) is 2.40. The van der Waals surface area contributed by atoms with E-state index in [0.29, 0.717) is 29.8 Å². The van der Waals surface area contributed by atoms with Gasteiger partial charge in [0.05, 0.1) is 23.4 Å². The molecule has 0 aliphatic heterocycles. The van der Waals surface area contributed by atoms with Gasteiger partial charge in [0.1, 0.15) is 5.82 Å². The lowest BCUT2D eigenvalue weighted by Gasteiger charge is -2.12. The third-order valence-electron chi connectivity index (χ3n) is 4.82. The fourth-order valence-electron chi connectivity index (χ4n) is 3.24. The number of hydrogen-bond donors (Lipinski definition) is 1. The lowest BCUT2D eigenvalue weighted by Crippen LogP contribution is -2.16. The van der Waals surface area contributed by atoms with Crippen molar-refractivity contribution < 1.29 is 9.72 Å². The molecule has 0 atom stereocenters. The lowest BCUT2D eigenvalue weighted by molar-refractivity contribution is -0.385. The molecule has 0 saturated heterocycles. The number of benzene rings is 1. The lowest BCUT2D eigenvalue weighted by atomic mass is 10.1. The molecule has 0 saturated carbocycles. The molecule has 0 fully saturated rings. The second kappa shape index (κ2) is 9.98. The van der Waals surface area contributed by atoms with E-state index in [4.69, 9.17) is 5.73 Å². The zero-order valence-corrected chi connectivity index (χ0v) is 17.6. The van der Waals surface area contributed by atoms with Crippen LogP contribution in [0.2, 0.25) is 0 Å². The molecule has 1 aromatic carbocycles. The van der Waals surface area contributed by atoms with Gasteiger partial charge >= 0.3 is 0 Å². The smallest absolute Gasteiger partial charge is 0.274 e. The Hall–Kier alpha value is -3.26. The average Bonchev–Trinajstić information content (AvgIpc) is 3.36. The van der Waals surface area contributed by atoms with E-state index in [0.717, 1.165) is 30.0 Å². The van der Waals surface area contributed by atoms with Gasteiger partial charge < -0.3 is 10.3 Å². The number of aromatic nitrogens is 2. The van der Waals surface area contributed by atoms with Crippen LogP contribution in [0.4, 0.5) is 5.69 Å². The number of primary amides is 1. The first-order chi connectivity index (χ1) is 14.5. The molecule has 2 heterocycles. The van der Waals surface area contributed by atoms with Gasteiger partial charge in [-0.15, -0.1) is 11.3 Å². The first-order valence-corrected chi connectivity index (χ1v) is 10.7. The Morgan fingerprint density at radius 2 is 2.10 bits per heavy atom. The molecule has 2 N–H and O–H groups in total. The van der Waals surface area contributed by atoms with Crippen LogP contribution < -0.4 is 5.73 Å². The minimum atomic E-state index is -0.489. The van der Waals surface area contributed by atoms with E-state index in [1.165, 1.54) is 6.07 Å². The third-order valence-corrected chi connectivity index (χ3v) is 5.70. The number of nitrogens with two attached hydrogens (primary N) is 1. The molecule has 30 heavy (non-hydrogen) atoms. The molecule has 1 amide bonds. The molecule has 0 bridgehead atoms. The van der Waals surface area contributed by atoms with Crippen molar-refractivity contribution in [2.45, 2.75) is 39.2 Å². The van der Waals surface area contributed by atoms with E-state index >= 15 is 0 Å². The highest BCUT2D eigenvalue weighted by molar-refractivity contribution is 7.09. The summed E-state index contributed by atoms with van der Waals surface area (Å²) in [6, 6.07) is 10.6. The monoisotopic (exact) mass is 424 g/mol. The van der Waals surface area contributed by atoms with Crippen LogP contribution in [0.25, 0.3) is 6.08 Å². The molecule has 0 radical (unpaired) electrons. The van der Waals surface area contributed by atoms with E-state index < -0.39 is 5.91 Å². The molecule has 0 unspecified atom stereocenters. The highest BCUT2D eigenvalue weighted by Gasteiger charge is 2.17. The van der Waals surface area contributed by atoms with Crippen LogP contribution in [-0.4, -0.2) is 20.4 Å². The predicted molar refractivity (Wildman–Crippen MR) is 118 cm³/mol. The minimum absolute atomic E-state index is 0.0660. The predicted octanol–water partition coefficient (Wildman–Crippen LogP) is 4.36. The van der Waals surface area contributed by atoms with Gasteiger partial charge in [0.15, 0.2) is 0 Å². The van der Waals surface area contributed by atoms with Crippen LogP contribution in [0.5, 0.6) is 0 Å². The van der Waals surface area contributed by atoms with Crippen LogP contribution in [-0.2, 0) is 24.2 Å². The molecule has 156 valence electrons. The Bertz CT molecular complexity index is 1050. The number of amides is 1. The Labute approximate surface area is 179 Å². The second-order valence-corrected chi connectivity index (χ2v) is 8.00. The Balaban J connectivity index is 2.01. The minimum Gasteiger partial charge on any atom is -0.366 e. The maximum absolute atomic E-state index is 12.1. The first-order valence-electron chi connectivity index (χ1n) is 9.79. The van der Waals surface area contributed by atoms with Crippen molar-refractivity contribution in [1.82, 2.24) is 9.55 Å². The van der Waals surface area contributed by atoms with Crippen molar-refractivity contribution in [2.24, 2.45) is 5.73 Å². The maximum Gasteiger partial charge on any atom is 0.274 e. The van der Waals surface area contributed by atoms with Gasteiger partial charge in [-0.2, -0.15) is 0 Å². The highest BCUT2D eigenvalue weighted by Crippen LogP contribution is 2.23. The summed E-state index contributed by atoms with van der Waals surface area (Å²) >= 11 is 1.56. The molecule has 7 nitrogen and oxygen atoms in total. The number of aryl methyl sites for hydroxylation is 1. The first kappa shape index (κ1) is 21.4. The largest absolute Gasteiger partial charge is 0.366 e. The number of nitro groups is 1. The number of carbonyl (C=O) groups excluding carboxylic acids is 1. The van der Waals surface area contributed by atoms with Gasteiger partial charge in [-0.1, -0.05) is 37.6 Å². The summed E-state index contributed by atoms with van der Waals surface area (Å²) in [5, 5.41) is 13.4. The van der Waals surface area contributed by atoms with Gasteiger partial charge in [0, 0.05) is 34.9 Å². The van der Waals surface area contributed by atoms with Gasteiger partial charge in [-0.3, -0.25) is 14.9 Å². The van der Waals surface area contributed by atoms with E-state index in [9.17, 15) is 14.9 Å². The van der Waals surface area contributed by atoms with Gasteiger partial charge in [-0.05, 0) is 23.9 Å². The van der Waals surface area contributed by atoms with Gasteiger partial charge in [0.2, 0.25) is 5.91 Å². The van der Waals surface area contributed by atoms with Crippen molar-refractivity contribution in [3.63, 3.8) is 0 Å². The van der Waals surface area contributed by atoms with Crippen molar-refractivity contribution in [3.05, 3.63) is 85.6 Å². The second-order valence-electron chi connectivity index (χ2n) is 6.96. The summed E-state index contributed by atoms with van der Waals surface area (Å²) in [5.74, 6) is 0.346. The van der Waals surface area contributed by atoms with Crippen LogP contribution in [0.3, 0.4) is 0 Å². The summed E-state index contributed by atoms with van der Waals surface area (Å²) in [6.07, 6.45) is 6.61. The summed E-state index contributed by atoms with van der Waals surface area (Å²) < 4.78 is 1.94. The number of hydrogen-bond acceptors (Lipinski definition) is 5. The molecule has 0 aliphatic rings. The fourth-order valence-corrected chi connectivity index (χ4v) is 3.97. The topological polar surface area (TPSA) is 104 Å². The quantitative estimate of drug-likeness (QED) is 0.297. The molecule has 3 rings (SSSR count). The van der Waals surface area contributed by atoms with Gasteiger partial charge in [-0.25, -0.2) is 4.98 Å². The SMILES string of the molecule is CCCCc1ncc(C=C(Cc2cccs2)C(N)=O)n1Cc1ccccc1[N+](=O)[O-]. The summed E-state index contributed by atoms with van der Waals surface area (Å²) in [4.78, 5) is 28.7. The number of para-hydroxylation sites is 1. The Morgan fingerprint density at radius 1 is 1.30 bits per heavy atom. The zero-order valence-electron chi connectivity index (χ0n) is 16.8. The number of unbranched alkanes of at least 4 members (excludes halogenated alkanes) is 1. The number of thiophene rings is 1. The number of imidazole rings is 1. The number of nitro benzene ring substituents is 1. The molecule has 8 heteroatoms. The summed E-state index contributed by atoms with van der Waals surface area (Å²) in [7, 11) is 0. The molecule has 2 aromatic heterocycles. The normalized spacial score (nSPS) is 11.6. The number of carbonyl (C=O) groups is 1. The average molecular weight is 425 g/mol. The van der Waals surface area contributed by atoms with E-state index in [1.807, 2.05) is 22.1 Å². The molecule has 3 aromatic rings. The molecule has 0 aliphatic carbocycles. The van der Waals surface area contributed by atoms with Crippen LogP contribution >= 0.6 is 11.3 Å². The van der Waals surface area contributed by atoms with E-state index in [2.05, 4.69) is 11.9 Å². The standard InChI is InChI=1S/C22H24N4O3S/c1-2-3-10-21-24-14-18(12-17(22(23)27)13-19-8-6-11-30-19)25(21)15-16-7-4-5-9-20(16)26(28)29/h4-9,11-12,14H,2-3,10,13,15H2,1H3,(H2,23,27). The van der Waals surface area contributed by atoms with Crippen LogP contribution in [0.15, 0.2) is 53.5 Å². The zero-order chi connectivity index (χ0) is 21.5. The molecular formula is C22H24N4O3S. The highest BCUT2D eigenvalue weighted by atomic mass is 32.1. The third kappa shape index (κ3) is 5.21. The van der Waals surface area contributed by atoms with Crippen LogP contribution in [0, 0.1) is 10.1 Å². The molecule has 0 spiro atoms. The maximum atomic E-state index is 12.1. The van der Waals surface area contributed by atoms with E-state index in [-0.39, 0.29) is 10.6 Å². The number of nitrogens with zero attached hydrogens (tertiary/aromatic N) is 3. The van der Waals surface area contributed by atoms with Crippen molar-refractivity contribution in [3.8, 4) is 0 Å².